The van der Waals surface area contributed by atoms with E-state index >= 15 is 0 Å². The Morgan fingerprint density at radius 2 is 1.79 bits per heavy atom. The van der Waals surface area contributed by atoms with E-state index in [0.29, 0.717) is 24.1 Å². The summed E-state index contributed by atoms with van der Waals surface area (Å²) in [5, 5.41) is 6.57. The Bertz CT molecular complexity index is 944. The number of rotatable bonds is 3. The van der Waals surface area contributed by atoms with Gasteiger partial charge in [-0.2, -0.15) is 0 Å². The zero-order chi connectivity index (χ0) is 19.9. The number of hydrazone groups is 1. The lowest BCUT2D eigenvalue weighted by atomic mass is 9.87. The minimum atomic E-state index is -0.667. The van der Waals surface area contributed by atoms with Crippen molar-refractivity contribution in [2.24, 2.45) is 5.10 Å². The normalized spacial score (nSPS) is 20.2. The van der Waals surface area contributed by atoms with Crippen molar-refractivity contribution in [1.82, 2.24) is 4.90 Å². The largest absolute Gasteiger partial charge is 0.493 e. The van der Waals surface area contributed by atoms with Crippen LogP contribution in [0.4, 0.5) is 5.69 Å². The van der Waals surface area contributed by atoms with Gasteiger partial charge in [-0.15, -0.1) is 5.10 Å². The predicted molar refractivity (Wildman–Crippen MR) is 105 cm³/mol. The standard InChI is InChI=1S/C21H23N3O4/c1-14(25)28-20-22-24(16-8-6-5-7-9-16)21(2)17-13-19(27-4)18(26-3)12-15(17)10-11-23(20)21/h5-9,12-13H,10-11H2,1-4H3. The van der Waals surface area contributed by atoms with Gasteiger partial charge in [0.25, 0.3) is 0 Å². The Balaban J connectivity index is 1.90. The van der Waals surface area contributed by atoms with Crippen molar-refractivity contribution < 1.29 is 19.0 Å². The summed E-state index contributed by atoms with van der Waals surface area (Å²) in [5.74, 6) is 0.955. The second kappa shape index (κ2) is 6.74. The molecule has 0 amide bonds. The van der Waals surface area contributed by atoms with Crippen LogP contribution < -0.4 is 14.5 Å². The van der Waals surface area contributed by atoms with E-state index in [0.717, 1.165) is 23.2 Å². The SMILES string of the molecule is COc1cc2c(cc1OC)C1(C)N(CC2)C(OC(C)=O)=NN1c1ccccc1. The molecule has 1 atom stereocenters. The second-order valence-electron chi connectivity index (χ2n) is 6.91. The van der Waals surface area contributed by atoms with E-state index in [-0.39, 0.29) is 0 Å². The highest BCUT2D eigenvalue weighted by Gasteiger charge is 2.52. The molecule has 0 N–H and O–H groups in total. The van der Waals surface area contributed by atoms with E-state index in [1.165, 1.54) is 6.92 Å². The highest BCUT2D eigenvalue weighted by atomic mass is 16.6. The van der Waals surface area contributed by atoms with Crippen LogP contribution in [-0.4, -0.2) is 37.7 Å². The first-order valence-electron chi connectivity index (χ1n) is 9.14. The molecule has 28 heavy (non-hydrogen) atoms. The van der Waals surface area contributed by atoms with Gasteiger partial charge in [0.05, 0.1) is 19.9 Å². The summed E-state index contributed by atoms with van der Waals surface area (Å²) in [4.78, 5) is 13.7. The minimum Gasteiger partial charge on any atom is -0.493 e. The number of amidine groups is 1. The van der Waals surface area contributed by atoms with Crippen LogP contribution in [0.5, 0.6) is 11.5 Å². The summed E-state index contributed by atoms with van der Waals surface area (Å²) in [6, 6.07) is 14.2. The number of ether oxygens (including phenoxy) is 3. The highest BCUT2D eigenvalue weighted by Crippen LogP contribution is 2.47. The fraction of sp³-hybridized carbons (Fsp3) is 0.333. The predicted octanol–water partition coefficient (Wildman–Crippen LogP) is 3.09. The molecule has 2 aromatic carbocycles. The number of hydrogen-bond acceptors (Lipinski definition) is 7. The maximum absolute atomic E-state index is 11.7. The minimum absolute atomic E-state index is 0.305. The lowest BCUT2D eigenvalue weighted by Gasteiger charge is -2.45. The van der Waals surface area contributed by atoms with Gasteiger partial charge in [0.1, 0.15) is 0 Å². The van der Waals surface area contributed by atoms with E-state index in [1.54, 1.807) is 14.2 Å². The van der Waals surface area contributed by atoms with Crippen LogP contribution in [0.25, 0.3) is 0 Å². The van der Waals surface area contributed by atoms with Crippen LogP contribution in [0.15, 0.2) is 47.6 Å². The van der Waals surface area contributed by atoms with E-state index in [4.69, 9.17) is 14.2 Å². The van der Waals surface area contributed by atoms with E-state index in [9.17, 15) is 4.79 Å². The number of carbonyl (C=O) groups excluding carboxylic acids is 1. The molecule has 0 aromatic heterocycles. The molecule has 1 unspecified atom stereocenters. The molecule has 0 spiro atoms. The van der Waals surface area contributed by atoms with Gasteiger partial charge in [0.15, 0.2) is 17.2 Å². The topological polar surface area (TPSA) is 63.6 Å². The number of anilines is 1. The van der Waals surface area contributed by atoms with Gasteiger partial charge in [-0.05, 0) is 43.2 Å². The molecule has 0 saturated carbocycles. The van der Waals surface area contributed by atoms with Gasteiger partial charge in [-0.25, -0.2) is 5.01 Å². The van der Waals surface area contributed by atoms with E-state index in [2.05, 4.69) is 12.0 Å². The fourth-order valence-corrected chi connectivity index (χ4v) is 3.99. The molecular formula is C21H23N3O4. The molecule has 2 aliphatic rings. The Morgan fingerprint density at radius 1 is 1.11 bits per heavy atom. The smallest absolute Gasteiger partial charge is 0.319 e. The molecule has 7 heteroatoms. The Labute approximate surface area is 164 Å². The molecule has 2 aromatic rings. The molecule has 146 valence electrons. The third kappa shape index (κ3) is 2.66. The summed E-state index contributed by atoms with van der Waals surface area (Å²) in [6.45, 7) is 4.12. The third-order valence-electron chi connectivity index (χ3n) is 5.31. The molecule has 0 bridgehead atoms. The maximum atomic E-state index is 11.7. The first kappa shape index (κ1) is 18.2. The molecule has 0 saturated heterocycles. The third-order valence-corrected chi connectivity index (χ3v) is 5.31. The van der Waals surface area contributed by atoms with Crippen LogP contribution in [0.1, 0.15) is 25.0 Å². The number of esters is 1. The zero-order valence-electron chi connectivity index (χ0n) is 16.4. The zero-order valence-corrected chi connectivity index (χ0v) is 16.4. The maximum Gasteiger partial charge on any atom is 0.319 e. The number of hydrogen-bond donors (Lipinski definition) is 0. The average molecular weight is 381 g/mol. The van der Waals surface area contributed by atoms with Crippen LogP contribution in [0.3, 0.4) is 0 Å². The summed E-state index contributed by atoms with van der Waals surface area (Å²) < 4.78 is 16.5. The Kier molecular flexibility index (Phi) is 4.37. The number of nitrogens with zero attached hydrogens (tertiary/aromatic N) is 3. The monoisotopic (exact) mass is 381 g/mol. The van der Waals surface area contributed by atoms with Gasteiger partial charge in [-0.1, -0.05) is 18.2 Å². The average Bonchev–Trinajstić information content (AvgIpc) is 2.99. The summed E-state index contributed by atoms with van der Waals surface area (Å²) in [7, 11) is 3.26. The quantitative estimate of drug-likeness (QED) is 0.762. The fourth-order valence-electron chi connectivity index (χ4n) is 3.99. The molecule has 0 radical (unpaired) electrons. The molecular weight excluding hydrogens is 358 g/mol. The second-order valence-corrected chi connectivity index (χ2v) is 6.91. The van der Waals surface area contributed by atoms with Gasteiger partial charge in [0.2, 0.25) is 0 Å². The van der Waals surface area contributed by atoms with Crippen molar-refractivity contribution in [1.29, 1.82) is 0 Å². The Hall–Kier alpha value is -3.22. The van der Waals surface area contributed by atoms with Gasteiger partial charge in [0, 0.05) is 19.0 Å². The number of para-hydroxylation sites is 1. The van der Waals surface area contributed by atoms with Crippen LogP contribution in [0.2, 0.25) is 0 Å². The Morgan fingerprint density at radius 3 is 2.43 bits per heavy atom. The van der Waals surface area contributed by atoms with E-state index in [1.807, 2.05) is 52.4 Å². The molecule has 2 aliphatic heterocycles. The van der Waals surface area contributed by atoms with Gasteiger partial charge < -0.3 is 14.2 Å². The number of fused-ring (bicyclic) bond motifs is 3. The van der Waals surface area contributed by atoms with Crippen molar-refractivity contribution in [2.75, 3.05) is 25.8 Å². The van der Waals surface area contributed by atoms with Crippen LogP contribution >= 0.6 is 0 Å². The first-order chi connectivity index (χ1) is 13.5. The van der Waals surface area contributed by atoms with Crippen molar-refractivity contribution in [2.45, 2.75) is 25.9 Å². The van der Waals surface area contributed by atoms with Crippen molar-refractivity contribution in [3.63, 3.8) is 0 Å². The van der Waals surface area contributed by atoms with Gasteiger partial charge >= 0.3 is 12.0 Å². The summed E-state index contributed by atoms with van der Waals surface area (Å²) in [6.07, 6.45) is 0.772. The lowest BCUT2D eigenvalue weighted by molar-refractivity contribution is -0.134. The first-order valence-corrected chi connectivity index (χ1v) is 9.14. The molecule has 2 heterocycles. The lowest BCUT2D eigenvalue weighted by Crippen LogP contribution is -2.55. The van der Waals surface area contributed by atoms with Crippen LogP contribution in [0, 0.1) is 0 Å². The molecule has 4 rings (SSSR count). The number of benzene rings is 2. The summed E-state index contributed by atoms with van der Waals surface area (Å²) >= 11 is 0. The van der Waals surface area contributed by atoms with Crippen molar-refractivity contribution in [3.05, 3.63) is 53.6 Å². The molecule has 0 aliphatic carbocycles. The molecule has 7 nitrogen and oxygen atoms in total. The number of methoxy groups -OCH3 is 2. The van der Waals surface area contributed by atoms with Crippen LogP contribution in [-0.2, 0) is 21.6 Å². The van der Waals surface area contributed by atoms with Crippen molar-refractivity contribution in [3.8, 4) is 11.5 Å². The van der Waals surface area contributed by atoms with Crippen molar-refractivity contribution >= 4 is 17.7 Å². The van der Waals surface area contributed by atoms with E-state index < -0.39 is 11.6 Å². The van der Waals surface area contributed by atoms with Gasteiger partial charge in [-0.3, -0.25) is 9.69 Å². The number of carbonyl (C=O) groups is 1. The summed E-state index contributed by atoms with van der Waals surface area (Å²) in [5.41, 5.74) is 2.42. The molecule has 0 fully saturated rings. The highest BCUT2D eigenvalue weighted by molar-refractivity contribution is 5.90.